The van der Waals surface area contributed by atoms with Crippen molar-refractivity contribution in [2.24, 2.45) is 0 Å². The molecule has 2 aromatic carbocycles. The highest BCUT2D eigenvalue weighted by molar-refractivity contribution is 5.97. The number of morpholine rings is 1. The summed E-state index contributed by atoms with van der Waals surface area (Å²) in [7, 11) is 3.32. The lowest BCUT2D eigenvalue weighted by molar-refractivity contribution is -0.0531. The Kier molecular flexibility index (Phi) is 17.5. The number of rotatable bonds is 12. The number of hydrogen-bond donors (Lipinski definition) is 1. The molecule has 6 heterocycles. The van der Waals surface area contributed by atoms with E-state index in [0.717, 1.165) is 38.9 Å². The zero-order valence-electron chi connectivity index (χ0n) is 40.3. The van der Waals surface area contributed by atoms with Crippen molar-refractivity contribution < 1.29 is 48.6 Å². The fourth-order valence-electron chi connectivity index (χ4n) is 9.53. The number of carbonyl (C=O) groups excluding carboxylic acids is 1. The quantitative estimate of drug-likeness (QED) is 0.161. The van der Waals surface area contributed by atoms with Crippen molar-refractivity contribution in [3.05, 3.63) is 139 Å². The van der Waals surface area contributed by atoms with Gasteiger partial charge in [0.25, 0.3) is 5.91 Å². The van der Waals surface area contributed by atoms with Gasteiger partial charge in [0.1, 0.15) is 23.3 Å². The molecule has 2 aliphatic heterocycles. The summed E-state index contributed by atoms with van der Waals surface area (Å²) in [4.78, 5) is 61.2. The van der Waals surface area contributed by atoms with Crippen LogP contribution in [0.4, 0.5) is 0 Å². The Hall–Kier alpha value is -6.50. The third kappa shape index (κ3) is 11.9. The van der Waals surface area contributed by atoms with E-state index in [-0.39, 0.29) is 46.3 Å². The number of aromatic nitrogens is 4. The van der Waals surface area contributed by atoms with Crippen LogP contribution >= 0.6 is 0 Å². The second kappa shape index (κ2) is 23.9. The molecule has 17 nitrogen and oxygen atoms in total. The molecular weight excluding hydrogens is 899 g/mol. The van der Waals surface area contributed by atoms with Crippen LogP contribution in [0.25, 0.3) is 21.8 Å². The Morgan fingerprint density at radius 1 is 0.686 bits per heavy atom. The third-order valence-corrected chi connectivity index (χ3v) is 13.0. The van der Waals surface area contributed by atoms with Crippen LogP contribution in [0.2, 0.25) is 0 Å². The third-order valence-electron chi connectivity index (χ3n) is 13.0. The number of benzene rings is 2. The molecule has 0 bridgehead atoms. The molecule has 1 amide bonds. The topological polar surface area (TPSA) is 214 Å². The van der Waals surface area contributed by atoms with Crippen LogP contribution in [-0.4, -0.2) is 125 Å². The number of methoxy groups -OCH3 is 2. The number of amides is 1. The predicted molar refractivity (Wildman–Crippen MR) is 263 cm³/mol. The molecule has 3 N–H and O–H groups in total. The number of aromatic carboxylic acids is 1. The van der Waals surface area contributed by atoms with E-state index in [1.807, 2.05) is 42.7 Å². The van der Waals surface area contributed by atoms with Crippen LogP contribution in [-0.2, 0) is 57.7 Å². The molecule has 2 aliphatic carbocycles. The molecule has 2 fully saturated rings. The molecule has 4 aliphatic rings. The molecule has 10 rings (SSSR count). The van der Waals surface area contributed by atoms with Crippen molar-refractivity contribution in [2.75, 3.05) is 53.7 Å². The number of fused-ring (bicyclic) bond motifs is 4. The molecule has 2 atom stereocenters. The Morgan fingerprint density at radius 2 is 1.16 bits per heavy atom. The molecule has 6 aromatic rings. The van der Waals surface area contributed by atoms with Crippen molar-refractivity contribution in [1.82, 2.24) is 24.0 Å². The lowest BCUT2D eigenvalue weighted by Gasteiger charge is -2.32. The number of nitrogens with zero attached hydrogens (tertiary/aromatic N) is 5. The van der Waals surface area contributed by atoms with E-state index in [0.29, 0.717) is 79.1 Å². The smallest absolute Gasteiger partial charge is 0.341 e. The zero-order valence-corrected chi connectivity index (χ0v) is 40.3. The van der Waals surface area contributed by atoms with E-state index in [1.54, 1.807) is 54.4 Å². The molecule has 0 unspecified atom stereocenters. The van der Waals surface area contributed by atoms with Gasteiger partial charge in [0.05, 0.1) is 66.2 Å². The Labute approximate surface area is 406 Å². The molecule has 17 heteroatoms. The highest BCUT2D eigenvalue weighted by atomic mass is 16.5. The first-order valence-electron chi connectivity index (χ1n) is 23.8. The van der Waals surface area contributed by atoms with E-state index in [9.17, 15) is 24.3 Å². The predicted octanol–water partition coefficient (Wildman–Crippen LogP) is 5.49. The van der Waals surface area contributed by atoms with E-state index >= 15 is 0 Å². The van der Waals surface area contributed by atoms with Gasteiger partial charge in [-0.15, -0.1) is 0 Å². The number of carbonyl (C=O) groups is 2. The monoisotopic (exact) mass is 961 g/mol. The van der Waals surface area contributed by atoms with Crippen molar-refractivity contribution in [2.45, 2.75) is 96.3 Å². The molecular formula is C53H63N5O12. The van der Waals surface area contributed by atoms with Crippen molar-refractivity contribution in [3.8, 4) is 11.8 Å². The summed E-state index contributed by atoms with van der Waals surface area (Å²) in [6, 6.07) is 19.7. The van der Waals surface area contributed by atoms with Gasteiger partial charge in [0, 0.05) is 97.2 Å². The highest BCUT2D eigenvalue weighted by Gasteiger charge is 2.29. The van der Waals surface area contributed by atoms with Gasteiger partial charge in [-0.25, -0.2) is 14.8 Å². The molecule has 2 saturated heterocycles. The lowest BCUT2D eigenvalue weighted by Crippen LogP contribution is -2.48. The molecule has 0 spiro atoms. The van der Waals surface area contributed by atoms with Crippen LogP contribution in [0.1, 0.15) is 76.1 Å². The van der Waals surface area contributed by atoms with Crippen LogP contribution < -0.4 is 20.3 Å². The average Bonchev–Trinajstić information content (AvgIpc) is 3.98. The number of hydrogen-bond acceptors (Lipinski definition) is 12. The molecule has 70 heavy (non-hydrogen) atoms. The minimum atomic E-state index is -1.23. The van der Waals surface area contributed by atoms with Crippen LogP contribution in [0, 0.1) is 0 Å². The van der Waals surface area contributed by atoms with Gasteiger partial charge in [-0.3, -0.25) is 14.4 Å². The first-order chi connectivity index (χ1) is 33.6. The van der Waals surface area contributed by atoms with Crippen molar-refractivity contribution in [3.63, 3.8) is 0 Å². The summed E-state index contributed by atoms with van der Waals surface area (Å²) < 4.78 is 36.9. The van der Waals surface area contributed by atoms with Gasteiger partial charge < -0.3 is 53.0 Å². The maximum atomic E-state index is 13.5. The second-order valence-electron chi connectivity index (χ2n) is 17.7. The standard InChI is InChI=1S/C26H29N3O5.C20H18N2O4.C7H14O2.H2O/c1-3-28-15-22(26(31)29-8-9-33-20(14-29)16-32-2)25(30)21-12-24(27-13-23(21)28)34-19-10-17-6-4-5-7-18(17)11-19;1-2-22-11-16(20(24)25)19(23)15-9-18(21-10-17(15)22)26-14-7-12-5-3-4-6-13(12)8-14;1-8-6-7-4-2-3-5-9-7;/h4-7,12-13,15,19-20H,3,8-11,14,16H2,1-2H3;3-6,9-11,14H,2,7-8H2,1H3,(H,24,25);7H,2-6H2,1H3;1H2/t20-;;7-;/m1.1./s1. The maximum Gasteiger partial charge on any atom is 0.341 e. The Balaban J connectivity index is 0.000000177. The zero-order chi connectivity index (χ0) is 48.4. The van der Waals surface area contributed by atoms with Gasteiger partial charge in [-0.1, -0.05) is 48.5 Å². The normalized spacial score (nSPS) is 17.6. The number of ether oxygens (including phenoxy) is 6. The fraction of sp³-hybridized carbons (Fsp3) is 0.434. The van der Waals surface area contributed by atoms with Crippen LogP contribution in [0.3, 0.4) is 0 Å². The minimum Gasteiger partial charge on any atom is -0.477 e. The van der Waals surface area contributed by atoms with Gasteiger partial charge in [-0.05, 0) is 55.4 Å². The van der Waals surface area contributed by atoms with Crippen LogP contribution in [0.5, 0.6) is 11.8 Å². The summed E-state index contributed by atoms with van der Waals surface area (Å²) in [5.74, 6) is -0.771. The number of pyridine rings is 4. The maximum absolute atomic E-state index is 13.5. The first kappa shape index (κ1) is 51.4. The number of carboxylic acids is 1. The van der Waals surface area contributed by atoms with E-state index in [4.69, 9.17) is 28.4 Å². The molecule has 4 aromatic heterocycles. The van der Waals surface area contributed by atoms with Gasteiger partial charge in [0.2, 0.25) is 22.6 Å². The van der Waals surface area contributed by atoms with Gasteiger partial charge >= 0.3 is 5.97 Å². The molecule has 0 radical (unpaired) electrons. The summed E-state index contributed by atoms with van der Waals surface area (Å²) in [5.41, 5.74) is 5.47. The summed E-state index contributed by atoms with van der Waals surface area (Å²) in [5, 5.41) is 10.0. The minimum absolute atomic E-state index is 0. The van der Waals surface area contributed by atoms with Gasteiger partial charge in [-0.2, -0.15) is 0 Å². The molecule has 372 valence electrons. The lowest BCUT2D eigenvalue weighted by atomic mass is 10.1. The van der Waals surface area contributed by atoms with Gasteiger partial charge in [0.15, 0.2) is 0 Å². The van der Waals surface area contributed by atoms with Crippen molar-refractivity contribution in [1.29, 1.82) is 0 Å². The largest absolute Gasteiger partial charge is 0.477 e. The summed E-state index contributed by atoms with van der Waals surface area (Å²) in [6.45, 7) is 8.34. The fourth-order valence-corrected chi connectivity index (χ4v) is 9.53. The number of aryl methyl sites for hydroxylation is 2. The van der Waals surface area contributed by atoms with E-state index in [2.05, 4.69) is 34.2 Å². The Morgan fingerprint density at radius 3 is 1.61 bits per heavy atom. The van der Waals surface area contributed by atoms with E-state index in [1.165, 1.54) is 47.7 Å². The SMILES string of the molecule is CCn1cc(C(=O)N2CCO[C@@H](COC)C2)c(=O)c2cc(OC3Cc4ccccc4C3)ncc21.CCn1cc(C(=O)O)c(=O)c2cc(OC3Cc4ccccc4C3)ncc21.COC[C@H]1CCCCO1.O. The van der Waals surface area contributed by atoms with E-state index < -0.39 is 11.4 Å². The van der Waals surface area contributed by atoms with Crippen molar-refractivity contribution >= 4 is 33.7 Å². The summed E-state index contributed by atoms with van der Waals surface area (Å²) >= 11 is 0. The van der Waals surface area contributed by atoms with Crippen LogP contribution in [0.15, 0.2) is 95.0 Å². The second-order valence-corrected chi connectivity index (χ2v) is 17.7. The average molecular weight is 962 g/mol. The summed E-state index contributed by atoms with van der Waals surface area (Å²) in [6.07, 6.45) is 13.3. The molecule has 0 saturated carbocycles. The highest BCUT2D eigenvalue weighted by Crippen LogP contribution is 2.28. The first-order valence-corrected chi connectivity index (χ1v) is 23.8. The number of carboxylic acid groups (broad SMARTS) is 1. The Bertz CT molecular complexity index is 2840.